The Labute approximate surface area is 121 Å². The zero-order valence-electron chi connectivity index (χ0n) is 11.1. The van der Waals surface area contributed by atoms with Gasteiger partial charge in [0, 0.05) is 38.5 Å². The molecule has 1 atom stereocenters. The summed E-state index contributed by atoms with van der Waals surface area (Å²) in [5, 5.41) is 14.3. The second-order valence-corrected chi connectivity index (χ2v) is 5.80. The summed E-state index contributed by atoms with van der Waals surface area (Å²) in [6, 6.07) is 0. The zero-order chi connectivity index (χ0) is 13.8. The number of nitrogens with zero attached hydrogens (tertiary/aromatic N) is 4. The number of aliphatic hydroxyl groups excluding tert-OH is 1. The third-order valence-electron chi connectivity index (χ3n) is 3.28. The molecule has 1 saturated heterocycles. The van der Waals surface area contributed by atoms with E-state index in [0.29, 0.717) is 17.9 Å². The number of hydrogen-bond donors (Lipinski definition) is 3. The molecule has 2 aromatic heterocycles. The Morgan fingerprint density at radius 2 is 2.15 bits per heavy atom. The number of hydrogen-bond acceptors (Lipinski definition) is 7. The molecule has 0 aliphatic carbocycles. The fraction of sp³-hybridized carbons (Fsp3) is 0.583. The van der Waals surface area contributed by atoms with E-state index >= 15 is 0 Å². The van der Waals surface area contributed by atoms with Gasteiger partial charge in [-0.05, 0) is 0 Å². The highest BCUT2D eigenvalue weighted by Crippen LogP contribution is 2.22. The summed E-state index contributed by atoms with van der Waals surface area (Å²) in [7, 11) is 0. The summed E-state index contributed by atoms with van der Waals surface area (Å²) in [4.78, 5) is 17.7. The minimum atomic E-state index is -0.356. The lowest BCUT2D eigenvalue weighted by atomic mass is 10.3. The zero-order valence-corrected chi connectivity index (χ0v) is 11.9. The number of fused-ring (bicyclic) bond motifs is 1. The molecule has 1 fully saturated rings. The van der Waals surface area contributed by atoms with Crippen LogP contribution in [0.1, 0.15) is 0 Å². The first kappa shape index (κ1) is 13.7. The van der Waals surface area contributed by atoms with Gasteiger partial charge in [0.25, 0.3) is 0 Å². The second-order valence-electron chi connectivity index (χ2n) is 4.80. The largest absolute Gasteiger partial charge is 0.391 e. The highest BCUT2D eigenvalue weighted by molar-refractivity contribution is 7.99. The van der Waals surface area contributed by atoms with Crippen molar-refractivity contribution in [3.05, 3.63) is 12.7 Å². The molecule has 3 rings (SSSR count). The maximum atomic E-state index is 10.1. The van der Waals surface area contributed by atoms with Gasteiger partial charge >= 0.3 is 0 Å². The van der Waals surface area contributed by atoms with Crippen LogP contribution in [-0.2, 0) is 0 Å². The lowest BCUT2D eigenvalue weighted by molar-refractivity contribution is 0.121. The number of aromatic nitrogens is 4. The molecule has 0 saturated carbocycles. The number of H-pyrrole nitrogens is 1. The summed E-state index contributed by atoms with van der Waals surface area (Å²) >= 11 is 1.54. The Morgan fingerprint density at radius 3 is 3.00 bits per heavy atom. The Hall–Kier alpha value is -1.22. The van der Waals surface area contributed by atoms with Crippen LogP contribution < -0.4 is 5.32 Å². The predicted octanol–water partition coefficient (Wildman–Crippen LogP) is -0.289. The van der Waals surface area contributed by atoms with Crippen molar-refractivity contribution in [2.45, 2.75) is 11.1 Å². The first-order valence-electron chi connectivity index (χ1n) is 6.71. The molecule has 8 heteroatoms. The topological polar surface area (TPSA) is 90.0 Å². The van der Waals surface area contributed by atoms with Gasteiger partial charge in [0.05, 0.1) is 12.4 Å². The van der Waals surface area contributed by atoms with E-state index < -0.39 is 0 Å². The number of aromatic amines is 1. The molecule has 0 spiro atoms. The first-order chi connectivity index (χ1) is 9.83. The molecule has 1 aliphatic heterocycles. The maximum absolute atomic E-state index is 10.1. The van der Waals surface area contributed by atoms with E-state index in [1.54, 1.807) is 6.33 Å². The normalized spacial score (nSPS) is 18.4. The number of rotatable bonds is 5. The fourth-order valence-corrected chi connectivity index (χ4v) is 3.14. The number of thioether (sulfide) groups is 1. The van der Waals surface area contributed by atoms with Crippen LogP contribution in [0.2, 0.25) is 0 Å². The molecule has 20 heavy (non-hydrogen) atoms. The van der Waals surface area contributed by atoms with Gasteiger partial charge in [0.15, 0.2) is 5.65 Å². The van der Waals surface area contributed by atoms with Crippen LogP contribution in [0.15, 0.2) is 17.7 Å². The van der Waals surface area contributed by atoms with E-state index in [0.717, 1.165) is 36.7 Å². The summed E-state index contributed by atoms with van der Waals surface area (Å²) in [6.45, 7) is 4.72. The van der Waals surface area contributed by atoms with Crippen molar-refractivity contribution >= 4 is 22.9 Å². The Bertz CT molecular complexity index is 556. The van der Waals surface area contributed by atoms with Crippen LogP contribution in [0.3, 0.4) is 0 Å². The van der Waals surface area contributed by atoms with E-state index in [9.17, 15) is 5.11 Å². The third kappa shape index (κ3) is 3.26. The Balaban J connectivity index is 1.54. The summed E-state index contributed by atoms with van der Waals surface area (Å²) in [6.07, 6.45) is 2.76. The average Bonchev–Trinajstić information content (AvgIpc) is 2.95. The van der Waals surface area contributed by atoms with Gasteiger partial charge in [0.1, 0.15) is 16.9 Å². The van der Waals surface area contributed by atoms with E-state index in [2.05, 4.69) is 30.2 Å². The molecule has 3 N–H and O–H groups in total. The van der Waals surface area contributed by atoms with Crippen molar-refractivity contribution in [3.63, 3.8) is 0 Å². The molecule has 1 aliphatic rings. The maximum Gasteiger partial charge on any atom is 0.181 e. The van der Waals surface area contributed by atoms with E-state index in [1.165, 1.54) is 18.1 Å². The van der Waals surface area contributed by atoms with Crippen LogP contribution in [-0.4, -0.2) is 74.5 Å². The highest BCUT2D eigenvalue weighted by Gasteiger charge is 2.15. The number of imidazole rings is 1. The molecule has 0 amide bonds. The van der Waals surface area contributed by atoms with E-state index in [4.69, 9.17) is 0 Å². The molecule has 0 radical (unpaired) electrons. The smallest absolute Gasteiger partial charge is 0.181 e. The predicted molar refractivity (Wildman–Crippen MR) is 77.7 cm³/mol. The van der Waals surface area contributed by atoms with Crippen LogP contribution in [0.5, 0.6) is 0 Å². The van der Waals surface area contributed by atoms with E-state index in [-0.39, 0.29) is 6.10 Å². The van der Waals surface area contributed by atoms with Gasteiger partial charge < -0.3 is 15.4 Å². The summed E-state index contributed by atoms with van der Waals surface area (Å²) in [5.74, 6) is 0.620. The fourth-order valence-electron chi connectivity index (χ4n) is 2.27. The SMILES string of the molecule is OC(CSc1ncnc2nc[nH]c12)CN1CCNCC1. The standard InChI is InChI=1S/C12H18N6OS/c19-9(5-18-3-1-13-2-4-18)6-20-12-10-11(15-7-14-10)16-8-17-12/h7-9,13,19H,1-6H2,(H,14,15,16,17). The minimum Gasteiger partial charge on any atom is -0.391 e. The Morgan fingerprint density at radius 1 is 1.30 bits per heavy atom. The van der Waals surface area contributed by atoms with Crippen molar-refractivity contribution in [2.75, 3.05) is 38.5 Å². The molecule has 0 aromatic carbocycles. The van der Waals surface area contributed by atoms with Gasteiger partial charge in [-0.3, -0.25) is 4.90 Å². The van der Waals surface area contributed by atoms with Crippen LogP contribution >= 0.6 is 11.8 Å². The van der Waals surface area contributed by atoms with Crippen molar-refractivity contribution in [3.8, 4) is 0 Å². The molecular formula is C12H18N6OS. The van der Waals surface area contributed by atoms with Crippen LogP contribution in [0, 0.1) is 0 Å². The average molecular weight is 294 g/mol. The molecular weight excluding hydrogens is 276 g/mol. The lowest BCUT2D eigenvalue weighted by Crippen LogP contribution is -2.46. The highest BCUT2D eigenvalue weighted by atomic mass is 32.2. The van der Waals surface area contributed by atoms with E-state index in [1.807, 2.05) is 0 Å². The first-order valence-corrected chi connectivity index (χ1v) is 7.69. The van der Waals surface area contributed by atoms with Gasteiger partial charge in [-0.2, -0.15) is 0 Å². The summed E-state index contributed by atoms with van der Waals surface area (Å²) in [5.41, 5.74) is 1.51. The number of aliphatic hydroxyl groups is 1. The van der Waals surface area contributed by atoms with Crippen molar-refractivity contribution in [1.29, 1.82) is 0 Å². The van der Waals surface area contributed by atoms with Crippen molar-refractivity contribution in [2.24, 2.45) is 0 Å². The molecule has 0 bridgehead atoms. The van der Waals surface area contributed by atoms with Gasteiger partial charge in [-0.15, -0.1) is 11.8 Å². The molecule has 3 heterocycles. The lowest BCUT2D eigenvalue weighted by Gasteiger charge is -2.28. The van der Waals surface area contributed by atoms with Crippen LogP contribution in [0.4, 0.5) is 0 Å². The monoisotopic (exact) mass is 294 g/mol. The van der Waals surface area contributed by atoms with Crippen molar-refractivity contribution in [1.82, 2.24) is 30.2 Å². The van der Waals surface area contributed by atoms with Gasteiger partial charge in [0.2, 0.25) is 0 Å². The molecule has 7 nitrogen and oxygen atoms in total. The van der Waals surface area contributed by atoms with Gasteiger partial charge in [-0.25, -0.2) is 15.0 Å². The quantitative estimate of drug-likeness (QED) is 0.516. The van der Waals surface area contributed by atoms with Gasteiger partial charge in [-0.1, -0.05) is 0 Å². The Kier molecular flexibility index (Phi) is 4.46. The summed E-state index contributed by atoms with van der Waals surface area (Å²) < 4.78 is 0. The number of β-amino-alcohol motifs (C(OH)–C–C–N with tert-alkyl or cyclic N) is 1. The molecule has 2 aromatic rings. The number of piperazine rings is 1. The second kappa shape index (κ2) is 6.49. The van der Waals surface area contributed by atoms with Crippen LogP contribution in [0.25, 0.3) is 11.2 Å². The third-order valence-corrected chi connectivity index (χ3v) is 4.41. The molecule has 1 unspecified atom stereocenters. The molecule has 108 valence electrons. The number of nitrogens with one attached hydrogen (secondary N) is 2. The minimum absolute atomic E-state index is 0.356. The van der Waals surface area contributed by atoms with Crippen molar-refractivity contribution < 1.29 is 5.11 Å².